The van der Waals surface area contributed by atoms with Gasteiger partial charge in [0.05, 0.1) is 7.11 Å². The summed E-state index contributed by atoms with van der Waals surface area (Å²) in [5.41, 5.74) is -0.225. The van der Waals surface area contributed by atoms with E-state index in [2.05, 4.69) is 5.32 Å². The Morgan fingerprint density at radius 1 is 1.33 bits per heavy atom. The van der Waals surface area contributed by atoms with E-state index in [4.69, 9.17) is 9.84 Å². The largest absolute Gasteiger partial charge is 0.497 e. The van der Waals surface area contributed by atoms with E-state index in [1.165, 1.54) is 0 Å². The molecule has 2 N–H and O–H groups in total. The summed E-state index contributed by atoms with van der Waals surface area (Å²) in [6.07, 6.45) is 0. The Labute approximate surface area is 88.9 Å². The topological polar surface area (TPSA) is 58.6 Å². The van der Waals surface area contributed by atoms with Gasteiger partial charge in [0.2, 0.25) is 0 Å². The van der Waals surface area contributed by atoms with Crippen LogP contribution in [0.4, 0.5) is 5.69 Å². The number of hydrogen-bond acceptors (Lipinski definition) is 3. The molecule has 0 bridgehead atoms. The van der Waals surface area contributed by atoms with Crippen LogP contribution in [0.5, 0.6) is 5.75 Å². The molecule has 0 aliphatic carbocycles. The lowest BCUT2D eigenvalue weighted by Gasteiger charge is -2.22. The van der Waals surface area contributed by atoms with Crippen molar-refractivity contribution in [2.45, 2.75) is 19.4 Å². The fraction of sp³-hybridized carbons (Fsp3) is 0.364. The summed E-state index contributed by atoms with van der Waals surface area (Å²) in [6.45, 7) is 3.22. The molecule has 0 unspecified atom stereocenters. The Morgan fingerprint density at radius 2 is 1.87 bits per heavy atom. The molecule has 82 valence electrons. The second-order valence-corrected chi connectivity index (χ2v) is 3.78. The maximum Gasteiger partial charge on any atom is 0.328 e. The van der Waals surface area contributed by atoms with Gasteiger partial charge in [0, 0.05) is 5.69 Å². The van der Waals surface area contributed by atoms with Crippen LogP contribution in [0.25, 0.3) is 0 Å². The Hall–Kier alpha value is -1.71. The number of carbonyl (C=O) groups is 1. The Bertz CT molecular complexity index is 343. The number of rotatable bonds is 4. The Balaban J connectivity index is 2.77. The van der Waals surface area contributed by atoms with E-state index in [0.29, 0.717) is 0 Å². The third kappa shape index (κ3) is 2.87. The molecule has 4 heteroatoms. The summed E-state index contributed by atoms with van der Waals surface area (Å²) in [4.78, 5) is 10.9. The van der Waals surface area contributed by atoms with Gasteiger partial charge in [-0.1, -0.05) is 0 Å². The number of aliphatic carboxylic acids is 1. The standard InChI is InChI=1S/C11H15NO3/c1-11(2,10(13)14)12-8-4-6-9(15-3)7-5-8/h4-7,12H,1-3H3,(H,13,14). The third-order valence-electron chi connectivity index (χ3n) is 2.08. The molecule has 15 heavy (non-hydrogen) atoms. The molecule has 0 atom stereocenters. The van der Waals surface area contributed by atoms with Crippen LogP contribution in [-0.4, -0.2) is 23.7 Å². The highest BCUT2D eigenvalue weighted by atomic mass is 16.5. The lowest BCUT2D eigenvalue weighted by atomic mass is 10.1. The highest BCUT2D eigenvalue weighted by Crippen LogP contribution is 2.19. The van der Waals surface area contributed by atoms with E-state index in [1.807, 2.05) is 0 Å². The molecule has 4 nitrogen and oxygen atoms in total. The summed E-state index contributed by atoms with van der Waals surface area (Å²) in [7, 11) is 1.59. The van der Waals surface area contributed by atoms with Gasteiger partial charge in [0.15, 0.2) is 0 Å². The van der Waals surface area contributed by atoms with E-state index in [-0.39, 0.29) is 0 Å². The average Bonchev–Trinajstić information content (AvgIpc) is 2.18. The fourth-order valence-electron chi connectivity index (χ4n) is 1.09. The maximum atomic E-state index is 10.9. The molecule has 0 spiro atoms. The molecule has 0 radical (unpaired) electrons. The smallest absolute Gasteiger partial charge is 0.328 e. The molecule has 0 saturated heterocycles. The first-order valence-corrected chi connectivity index (χ1v) is 4.61. The molecular formula is C11H15NO3. The molecule has 0 aliphatic heterocycles. The number of hydrogen-bond donors (Lipinski definition) is 2. The van der Waals surface area contributed by atoms with Gasteiger partial charge in [0.1, 0.15) is 11.3 Å². The van der Waals surface area contributed by atoms with Crippen LogP contribution in [0, 0.1) is 0 Å². The summed E-state index contributed by atoms with van der Waals surface area (Å²) in [6, 6.07) is 7.12. The second kappa shape index (κ2) is 4.21. The minimum Gasteiger partial charge on any atom is -0.497 e. The third-order valence-corrected chi connectivity index (χ3v) is 2.08. The van der Waals surface area contributed by atoms with Crippen LogP contribution in [0.15, 0.2) is 24.3 Å². The average molecular weight is 209 g/mol. The lowest BCUT2D eigenvalue weighted by Crippen LogP contribution is -2.39. The Kier molecular flexibility index (Phi) is 3.19. The predicted octanol–water partition coefficient (Wildman–Crippen LogP) is 1.97. The predicted molar refractivity (Wildman–Crippen MR) is 58.3 cm³/mol. The first kappa shape index (κ1) is 11.4. The van der Waals surface area contributed by atoms with Gasteiger partial charge in [-0.2, -0.15) is 0 Å². The zero-order chi connectivity index (χ0) is 11.5. The number of ether oxygens (including phenoxy) is 1. The van der Waals surface area contributed by atoms with E-state index >= 15 is 0 Å². The van der Waals surface area contributed by atoms with Crippen LogP contribution in [0.2, 0.25) is 0 Å². The monoisotopic (exact) mass is 209 g/mol. The number of carboxylic acids is 1. The molecule has 0 aliphatic rings. The van der Waals surface area contributed by atoms with Gasteiger partial charge in [-0.15, -0.1) is 0 Å². The van der Waals surface area contributed by atoms with Crippen molar-refractivity contribution < 1.29 is 14.6 Å². The van der Waals surface area contributed by atoms with Gasteiger partial charge in [-0.05, 0) is 38.1 Å². The minimum absolute atomic E-state index is 0.744. The van der Waals surface area contributed by atoms with E-state index in [1.54, 1.807) is 45.2 Å². The molecule has 0 aromatic heterocycles. The van der Waals surface area contributed by atoms with Gasteiger partial charge >= 0.3 is 5.97 Å². The number of nitrogens with one attached hydrogen (secondary N) is 1. The van der Waals surface area contributed by atoms with Crippen LogP contribution in [0.3, 0.4) is 0 Å². The number of anilines is 1. The van der Waals surface area contributed by atoms with Crippen LogP contribution in [-0.2, 0) is 4.79 Å². The number of carboxylic acid groups (broad SMARTS) is 1. The lowest BCUT2D eigenvalue weighted by molar-refractivity contribution is -0.141. The van der Waals surface area contributed by atoms with Crippen molar-refractivity contribution in [3.05, 3.63) is 24.3 Å². The van der Waals surface area contributed by atoms with Gasteiger partial charge in [-0.25, -0.2) is 4.79 Å². The van der Waals surface area contributed by atoms with Crippen molar-refractivity contribution in [2.24, 2.45) is 0 Å². The zero-order valence-corrected chi connectivity index (χ0v) is 9.07. The number of benzene rings is 1. The Morgan fingerprint density at radius 3 is 2.27 bits per heavy atom. The highest BCUT2D eigenvalue weighted by Gasteiger charge is 2.26. The molecule has 0 amide bonds. The number of methoxy groups -OCH3 is 1. The minimum atomic E-state index is -0.978. The highest BCUT2D eigenvalue weighted by molar-refractivity contribution is 5.81. The maximum absolute atomic E-state index is 10.9. The molecule has 0 heterocycles. The molecule has 1 rings (SSSR count). The van der Waals surface area contributed by atoms with Crippen molar-refractivity contribution >= 4 is 11.7 Å². The molecule has 0 fully saturated rings. The summed E-state index contributed by atoms with van der Waals surface area (Å²) < 4.78 is 5.00. The first-order valence-electron chi connectivity index (χ1n) is 4.61. The van der Waals surface area contributed by atoms with Gasteiger partial charge in [-0.3, -0.25) is 0 Å². The van der Waals surface area contributed by atoms with Crippen molar-refractivity contribution in [1.82, 2.24) is 0 Å². The molecular weight excluding hydrogens is 194 g/mol. The normalized spacial score (nSPS) is 10.9. The van der Waals surface area contributed by atoms with Crippen molar-refractivity contribution in [2.75, 3.05) is 12.4 Å². The summed E-state index contributed by atoms with van der Waals surface area (Å²) >= 11 is 0. The molecule has 1 aromatic rings. The van der Waals surface area contributed by atoms with Crippen molar-refractivity contribution in [1.29, 1.82) is 0 Å². The van der Waals surface area contributed by atoms with Crippen molar-refractivity contribution in [3.63, 3.8) is 0 Å². The summed E-state index contributed by atoms with van der Waals surface area (Å²) in [5, 5.41) is 11.8. The SMILES string of the molecule is COc1ccc(NC(C)(C)C(=O)O)cc1. The molecule has 0 saturated carbocycles. The summed E-state index contributed by atoms with van der Waals surface area (Å²) in [5.74, 6) is -0.146. The zero-order valence-electron chi connectivity index (χ0n) is 9.07. The van der Waals surface area contributed by atoms with Crippen LogP contribution < -0.4 is 10.1 Å². The van der Waals surface area contributed by atoms with Gasteiger partial charge in [0.25, 0.3) is 0 Å². The quantitative estimate of drug-likeness (QED) is 0.796. The van der Waals surface area contributed by atoms with Gasteiger partial charge < -0.3 is 15.2 Å². The fourth-order valence-corrected chi connectivity index (χ4v) is 1.09. The first-order chi connectivity index (χ1) is 6.95. The van der Waals surface area contributed by atoms with Crippen LogP contribution in [0.1, 0.15) is 13.8 Å². The van der Waals surface area contributed by atoms with E-state index in [0.717, 1.165) is 11.4 Å². The van der Waals surface area contributed by atoms with Crippen LogP contribution >= 0.6 is 0 Å². The van der Waals surface area contributed by atoms with E-state index < -0.39 is 11.5 Å². The van der Waals surface area contributed by atoms with E-state index in [9.17, 15) is 4.79 Å². The van der Waals surface area contributed by atoms with Crippen molar-refractivity contribution in [3.8, 4) is 5.75 Å². The second-order valence-electron chi connectivity index (χ2n) is 3.78. The molecule has 1 aromatic carbocycles.